The number of H-pyrrole nitrogens is 1. The van der Waals surface area contributed by atoms with E-state index in [4.69, 9.17) is 0 Å². The van der Waals surface area contributed by atoms with Crippen LogP contribution < -0.4 is 0 Å². The van der Waals surface area contributed by atoms with E-state index in [0.717, 1.165) is 0 Å². The highest BCUT2D eigenvalue weighted by atomic mass is 19.4. The molecule has 3 heterocycles. The van der Waals surface area contributed by atoms with Gasteiger partial charge in [-0.05, 0) is 18.2 Å². The van der Waals surface area contributed by atoms with Crippen LogP contribution in [0.15, 0.2) is 30.6 Å². The summed E-state index contributed by atoms with van der Waals surface area (Å²) in [6.07, 6.45) is -1.55. The zero-order chi connectivity index (χ0) is 13.5. The third-order valence-electron chi connectivity index (χ3n) is 2.49. The molecule has 0 aliphatic rings. The number of nitrogens with one attached hydrogen (secondary N) is 1. The van der Waals surface area contributed by atoms with E-state index < -0.39 is 12.0 Å². The van der Waals surface area contributed by atoms with Gasteiger partial charge in [0.25, 0.3) is 0 Å². The first-order valence-corrected chi connectivity index (χ1v) is 5.25. The van der Waals surface area contributed by atoms with Gasteiger partial charge in [-0.25, -0.2) is 4.98 Å². The molecule has 3 rings (SSSR count). The molecule has 19 heavy (non-hydrogen) atoms. The fourth-order valence-electron chi connectivity index (χ4n) is 1.67. The van der Waals surface area contributed by atoms with Crippen LogP contribution >= 0.6 is 0 Å². The van der Waals surface area contributed by atoms with Crippen LogP contribution in [0.4, 0.5) is 13.2 Å². The molecule has 0 radical (unpaired) electrons. The lowest BCUT2D eigenvalue weighted by Crippen LogP contribution is -2.07. The van der Waals surface area contributed by atoms with Crippen molar-refractivity contribution in [1.29, 1.82) is 0 Å². The minimum atomic E-state index is -4.55. The molecule has 0 aromatic carbocycles. The summed E-state index contributed by atoms with van der Waals surface area (Å²) in [6, 6.07) is 4.93. The van der Waals surface area contributed by atoms with E-state index in [9.17, 15) is 13.2 Å². The van der Waals surface area contributed by atoms with Gasteiger partial charge in [0, 0.05) is 12.4 Å². The van der Waals surface area contributed by atoms with Gasteiger partial charge in [-0.3, -0.25) is 15.1 Å². The summed E-state index contributed by atoms with van der Waals surface area (Å²) < 4.78 is 37.4. The van der Waals surface area contributed by atoms with E-state index in [1.807, 2.05) is 5.10 Å². The van der Waals surface area contributed by atoms with Crippen molar-refractivity contribution in [3.05, 3.63) is 36.4 Å². The van der Waals surface area contributed by atoms with Gasteiger partial charge in [0.15, 0.2) is 5.82 Å². The molecule has 0 saturated carbocycles. The lowest BCUT2D eigenvalue weighted by atomic mass is 10.2. The number of aromatic nitrogens is 5. The largest absolute Gasteiger partial charge is 0.451 e. The Bertz CT molecular complexity index is 729. The maximum absolute atomic E-state index is 12.5. The average molecular weight is 265 g/mol. The molecule has 0 fully saturated rings. The number of hydrogen-bond donors (Lipinski definition) is 1. The van der Waals surface area contributed by atoms with Gasteiger partial charge < -0.3 is 0 Å². The molecular formula is C11H6F3N5. The molecular weight excluding hydrogens is 259 g/mol. The van der Waals surface area contributed by atoms with Gasteiger partial charge in [0.1, 0.15) is 0 Å². The average Bonchev–Trinajstić information content (AvgIpc) is 2.87. The summed E-state index contributed by atoms with van der Waals surface area (Å²) in [6.45, 7) is 0. The lowest BCUT2D eigenvalue weighted by Gasteiger charge is -2.01. The minimum Gasteiger partial charge on any atom is -0.255 e. The zero-order valence-corrected chi connectivity index (χ0v) is 9.31. The molecule has 96 valence electrons. The van der Waals surface area contributed by atoms with Crippen LogP contribution in [0.1, 0.15) is 5.82 Å². The van der Waals surface area contributed by atoms with Crippen molar-refractivity contribution in [3.63, 3.8) is 0 Å². The molecule has 3 aromatic heterocycles. The summed E-state index contributed by atoms with van der Waals surface area (Å²) in [4.78, 5) is 11.6. The van der Waals surface area contributed by atoms with Gasteiger partial charge in [-0.2, -0.15) is 18.3 Å². The maximum Gasteiger partial charge on any atom is 0.451 e. The van der Waals surface area contributed by atoms with Crippen molar-refractivity contribution < 1.29 is 13.2 Å². The first-order valence-electron chi connectivity index (χ1n) is 5.25. The SMILES string of the molecule is FC(F)(F)c1nc(-c2ccnc3cccnc23)n[nH]1. The van der Waals surface area contributed by atoms with E-state index >= 15 is 0 Å². The summed E-state index contributed by atoms with van der Waals surface area (Å²) in [5.41, 5.74) is 1.42. The van der Waals surface area contributed by atoms with Crippen molar-refractivity contribution in [1.82, 2.24) is 25.1 Å². The molecule has 0 atom stereocenters. The second kappa shape index (κ2) is 4.01. The van der Waals surface area contributed by atoms with Gasteiger partial charge in [0.05, 0.1) is 16.6 Å². The van der Waals surface area contributed by atoms with Crippen LogP contribution in [0.25, 0.3) is 22.4 Å². The number of fused-ring (bicyclic) bond motifs is 1. The van der Waals surface area contributed by atoms with Gasteiger partial charge in [0.2, 0.25) is 5.82 Å². The normalized spacial score (nSPS) is 11.9. The summed E-state index contributed by atoms with van der Waals surface area (Å²) in [7, 11) is 0. The number of rotatable bonds is 1. The smallest absolute Gasteiger partial charge is 0.255 e. The first-order chi connectivity index (χ1) is 9.05. The molecule has 0 amide bonds. The molecule has 0 aliphatic heterocycles. The molecule has 3 aromatic rings. The van der Waals surface area contributed by atoms with Crippen LogP contribution in [-0.2, 0) is 6.18 Å². The van der Waals surface area contributed by atoms with E-state index in [2.05, 4.69) is 20.1 Å². The van der Waals surface area contributed by atoms with Crippen LogP contribution in [0.5, 0.6) is 0 Å². The van der Waals surface area contributed by atoms with Crippen molar-refractivity contribution in [2.24, 2.45) is 0 Å². The van der Waals surface area contributed by atoms with E-state index in [0.29, 0.717) is 16.6 Å². The number of hydrogen-bond acceptors (Lipinski definition) is 4. The van der Waals surface area contributed by atoms with Crippen molar-refractivity contribution in [3.8, 4) is 11.4 Å². The van der Waals surface area contributed by atoms with E-state index in [1.165, 1.54) is 18.5 Å². The summed E-state index contributed by atoms with van der Waals surface area (Å²) in [5.74, 6) is -1.19. The van der Waals surface area contributed by atoms with E-state index in [1.54, 1.807) is 12.1 Å². The predicted molar refractivity (Wildman–Crippen MR) is 59.9 cm³/mol. The van der Waals surface area contributed by atoms with Gasteiger partial charge in [-0.1, -0.05) is 0 Å². The van der Waals surface area contributed by atoms with Crippen molar-refractivity contribution >= 4 is 11.0 Å². The maximum atomic E-state index is 12.5. The molecule has 1 N–H and O–H groups in total. The Labute approximate surface area is 104 Å². The van der Waals surface area contributed by atoms with Gasteiger partial charge in [-0.15, -0.1) is 0 Å². The van der Waals surface area contributed by atoms with Crippen molar-refractivity contribution in [2.75, 3.05) is 0 Å². The highest BCUT2D eigenvalue weighted by molar-refractivity contribution is 5.88. The van der Waals surface area contributed by atoms with Crippen LogP contribution in [0.2, 0.25) is 0 Å². The van der Waals surface area contributed by atoms with Crippen LogP contribution in [-0.4, -0.2) is 25.1 Å². The standard InChI is InChI=1S/C11H6F3N5/c12-11(13,14)10-17-9(18-19-10)6-3-5-15-7-2-1-4-16-8(6)7/h1-5H,(H,17,18,19). The predicted octanol–water partition coefficient (Wildman–Crippen LogP) is 2.43. The Hall–Kier alpha value is -2.51. The quantitative estimate of drug-likeness (QED) is 0.733. The molecule has 0 bridgehead atoms. The van der Waals surface area contributed by atoms with Crippen molar-refractivity contribution in [2.45, 2.75) is 6.18 Å². The Morgan fingerprint density at radius 3 is 2.63 bits per heavy atom. The Morgan fingerprint density at radius 1 is 1.05 bits per heavy atom. The molecule has 8 heteroatoms. The summed E-state index contributed by atoms with van der Waals surface area (Å²) in [5, 5.41) is 5.45. The topological polar surface area (TPSA) is 67.3 Å². The Balaban J connectivity index is 2.17. The lowest BCUT2D eigenvalue weighted by molar-refractivity contribution is -0.144. The second-order valence-corrected chi connectivity index (χ2v) is 3.74. The molecule has 0 aliphatic carbocycles. The summed E-state index contributed by atoms with van der Waals surface area (Å²) >= 11 is 0. The van der Waals surface area contributed by atoms with Crippen LogP contribution in [0.3, 0.4) is 0 Å². The number of halogens is 3. The monoisotopic (exact) mass is 265 g/mol. The minimum absolute atomic E-state index is 0.0570. The first kappa shape index (κ1) is 11.6. The Kier molecular flexibility index (Phi) is 2.44. The highest BCUT2D eigenvalue weighted by Crippen LogP contribution is 2.29. The number of alkyl halides is 3. The number of pyridine rings is 2. The fourth-order valence-corrected chi connectivity index (χ4v) is 1.67. The third kappa shape index (κ3) is 2.01. The second-order valence-electron chi connectivity index (χ2n) is 3.74. The van der Waals surface area contributed by atoms with E-state index in [-0.39, 0.29) is 5.82 Å². The third-order valence-corrected chi connectivity index (χ3v) is 2.49. The molecule has 0 saturated heterocycles. The number of aromatic amines is 1. The number of nitrogens with zero attached hydrogens (tertiary/aromatic N) is 4. The fraction of sp³-hybridized carbons (Fsp3) is 0.0909. The molecule has 0 spiro atoms. The molecule has 5 nitrogen and oxygen atoms in total. The van der Waals surface area contributed by atoms with Gasteiger partial charge >= 0.3 is 6.18 Å². The molecule has 0 unspecified atom stereocenters. The van der Waals surface area contributed by atoms with Crippen LogP contribution in [0, 0.1) is 0 Å². The zero-order valence-electron chi connectivity index (χ0n) is 9.31. The Morgan fingerprint density at radius 2 is 1.89 bits per heavy atom. The highest BCUT2D eigenvalue weighted by Gasteiger charge is 2.35.